The van der Waals surface area contributed by atoms with Gasteiger partial charge in [0.2, 0.25) is 0 Å². The summed E-state index contributed by atoms with van der Waals surface area (Å²) in [4.78, 5) is 0. The third kappa shape index (κ3) is 3.61. The molecule has 0 aliphatic heterocycles. The molecule has 0 radical (unpaired) electrons. The van der Waals surface area contributed by atoms with Crippen molar-refractivity contribution in [2.45, 2.75) is 46.0 Å². The summed E-state index contributed by atoms with van der Waals surface area (Å²) < 4.78 is 14.2. The largest absolute Gasteiger partial charge is 0.207 e. The molecule has 1 fully saturated rings. The van der Waals surface area contributed by atoms with Crippen molar-refractivity contribution < 1.29 is 4.39 Å². The first kappa shape index (κ1) is 15.5. The fraction of sp³-hybridized carbons (Fsp3) is 0.588. The van der Waals surface area contributed by atoms with E-state index in [1.165, 1.54) is 6.07 Å². The molecular formula is C17H21BrFN. The van der Waals surface area contributed by atoms with Gasteiger partial charge in [0.25, 0.3) is 0 Å². The molecule has 0 N–H and O–H groups in total. The minimum atomic E-state index is -0.307. The van der Waals surface area contributed by atoms with E-state index in [0.717, 1.165) is 41.6 Å². The Labute approximate surface area is 129 Å². The number of benzene rings is 1. The van der Waals surface area contributed by atoms with Gasteiger partial charge in [0, 0.05) is 4.47 Å². The molecule has 0 unspecified atom stereocenters. The molecule has 1 aromatic carbocycles. The summed E-state index contributed by atoms with van der Waals surface area (Å²) >= 11 is 3.32. The Hall–Kier alpha value is -0.880. The highest BCUT2D eigenvalue weighted by Gasteiger charge is 2.36. The second kappa shape index (κ2) is 6.26. The summed E-state index contributed by atoms with van der Waals surface area (Å²) in [6.07, 6.45) is 4.75. The Morgan fingerprint density at radius 1 is 1.35 bits per heavy atom. The first-order chi connectivity index (χ1) is 9.44. The van der Waals surface area contributed by atoms with Gasteiger partial charge in [-0.25, -0.2) is 4.39 Å². The van der Waals surface area contributed by atoms with Gasteiger partial charge < -0.3 is 0 Å². The Bertz CT molecular complexity index is 490. The van der Waals surface area contributed by atoms with E-state index in [2.05, 4.69) is 35.8 Å². The number of halogens is 2. The minimum Gasteiger partial charge on any atom is -0.207 e. The van der Waals surface area contributed by atoms with Gasteiger partial charge in [-0.1, -0.05) is 29.8 Å². The van der Waals surface area contributed by atoms with Crippen LogP contribution in [-0.4, -0.2) is 0 Å². The van der Waals surface area contributed by atoms with E-state index in [4.69, 9.17) is 0 Å². The van der Waals surface area contributed by atoms with Crippen molar-refractivity contribution in [1.29, 1.82) is 5.26 Å². The van der Waals surface area contributed by atoms with Gasteiger partial charge in [0.15, 0.2) is 0 Å². The Morgan fingerprint density at radius 3 is 2.50 bits per heavy atom. The van der Waals surface area contributed by atoms with Crippen LogP contribution in [0, 0.1) is 34.4 Å². The van der Waals surface area contributed by atoms with Crippen molar-refractivity contribution in [3.05, 3.63) is 34.1 Å². The second-order valence-electron chi connectivity index (χ2n) is 6.43. The van der Waals surface area contributed by atoms with Crippen LogP contribution in [0.1, 0.15) is 45.1 Å². The molecule has 0 bridgehead atoms. The summed E-state index contributed by atoms with van der Waals surface area (Å²) in [5.74, 6) is 1.18. The van der Waals surface area contributed by atoms with Crippen LogP contribution >= 0.6 is 15.9 Å². The summed E-state index contributed by atoms with van der Waals surface area (Å²) in [6, 6.07) is 7.46. The molecule has 3 heteroatoms. The molecular weight excluding hydrogens is 317 g/mol. The molecule has 108 valence electrons. The Balaban J connectivity index is 2.12. The van der Waals surface area contributed by atoms with Gasteiger partial charge in [0.1, 0.15) is 5.82 Å². The lowest BCUT2D eigenvalue weighted by Gasteiger charge is -2.36. The summed E-state index contributed by atoms with van der Waals surface area (Å²) in [6.45, 7) is 4.52. The van der Waals surface area contributed by atoms with Crippen LogP contribution in [-0.2, 0) is 6.42 Å². The zero-order chi connectivity index (χ0) is 14.8. The molecule has 2 rings (SSSR count). The predicted molar refractivity (Wildman–Crippen MR) is 82.6 cm³/mol. The molecule has 1 saturated carbocycles. The van der Waals surface area contributed by atoms with Crippen molar-refractivity contribution in [3.63, 3.8) is 0 Å². The lowest BCUT2D eigenvalue weighted by atomic mass is 9.66. The highest BCUT2D eigenvalue weighted by atomic mass is 79.9. The lowest BCUT2D eigenvalue weighted by Crippen LogP contribution is -2.30. The van der Waals surface area contributed by atoms with Gasteiger partial charge in [-0.15, -0.1) is 0 Å². The average molecular weight is 338 g/mol. The standard InChI is InChI=1S/C17H21BrFN/c1-12(2)14-3-5-17(11-20,6-4-14)10-13-7-15(18)9-16(19)8-13/h7-9,12,14H,3-6,10H2,1-2H3. The Morgan fingerprint density at radius 2 is 2.00 bits per heavy atom. The van der Waals surface area contributed by atoms with Crippen molar-refractivity contribution in [2.75, 3.05) is 0 Å². The van der Waals surface area contributed by atoms with E-state index in [-0.39, 0.29) is 11.2 Å². The molecule has 0 spiro atoms. The maximum Gasteiger partial charge on any atom is 0.124 e. The van der Waals surface area contributed by atoms with Gasteiger partial charge in [-0.3, -0.25) is 0 Å². The van der Waals surface area contributed by atoms with E-state index in [9.17, 15) is 9.65 Å². The monoisotopic (exact) mass is 337 g/mol. The first-order valence-corrected chi connectivity index (χ1v) is 8.10. The number of nitriles is 1. The van der Waals surface area contributed by atoms with Crippen molar-refractivity contribution in [2.24, 2.45) is 17.3 Å². The SMILES string of the molecule is CC(C)C1CCC(C#N)(Cc2cc(F)cc(Br)c2)CC1. The highest BCUT2D eigenvalue weighted by molar-refractivity contribution is 9.10. The summed E-state index contributed by atoms with van der Waals surface area (Å²) in [5.41, 5.74) is 0.611. The topological polar surface area (TPSA) is 23.8 Å². The number of hydrogen-bond acceptors (Lipinski definition) is 1. The van der Waals surface area contributed by atoms with Gasteiger partial charge in [0.05, 0.1) is 11.5 Å². The molecule has 1 aromatic rings. The second-order valence-corrected chi connectivity index (χ2v) is 7.34. The molecule has 0 atom stereocenters. The third-order valence-corrected chi connectivity index (χ3v) is 5.09. The molecule has 20 heavy (non-hydrogen) atoms. The molecule has 0 heterocycles. The van der Waals surface area contributed by atoms with E-state index in [1.54, 1.807) is 6.07 Å². The summed E-state index contributed by atoms with van der Waals surface area (Å²) in [7, 11) is 0. The van der Waals surface area contributed by atoms with Gasteiger partial charge in [-0.2, -0.15) is 5.26 Å². The van der Waals surface area contributed by atoms with Crippen LogP contribution in [0.2, 0.25) is 0 Å². The molecule has 1 aliphatic rings. The van der Waals surface area contributed by atoms with Gasteiger partial charge in [-0.05, 0) is 67.7 Å². The van der Waals surface area contributed by atoms with Crippen LogP contribution in [0.25, 0.3) is 0 Å². The molecule has 0 amide bonds. The highest BCUT2D eigenvalue weighted by Crippen LogP contribution is 2.43. The normalized spacial score (nSPS) is 26.5. The van der Waals surface area contributed by atoms with E-state index >= 15 is 0 Å². The van der Waals surface area contributed by atoms with E-state index < -0.39 is 0 Å². The summed E-state index contributed by atoms with van der Waals surface area (Å²) in [5, 5.41) is 9.61. The fourth-order valence-corrected chi connectivity index (χ4v) is 3.80. The number of hydrogen-bond donors (Lipinski definition) is 0. The van der Waals surface area contributed by atoms with Gasteiger partial charge >= 0.3 is 0 Å². The van der Waals surface area contributed by atoms with Crippen LogP contribution < -0.4 is 0 Å². The molecule has 1 aliphatic carbocycles. The predicted octanol–water partition coefficient (Wildman–Crippen LogP) is 5.49. The quantitative estimate of drug-likeness (QED) is 0.715. The zero-order valence-corrected chi connectivity index (χ0v) is 13.7. The van der Waals surface area contributed by atoms with E-state index in [0.29, 0.717) is 12.3 Å². The van der Waals surface area contributed by atoms with Crippen molar-refractivity contribution in [1.82, 2.24) is 0 Å². The first-order valence-electron chi connectivity index (χ1n) is 7.30. The molecule has 1 nitrogen and oxygen atoms in total. The van der Waals surface area contributed by atoms with Crippen LogP contribution in [0.5, 0.6) is 0 Å². The minimum absolute atomic E-state index is 0.238. The van der Waals surface area contributed by atoms with Crippen molar-refractivity contribution >= 4 is 15.9 Å². The van der Waals surface area contributed by atoms with Crippen molar-refractivity contribution in [3.8, 4) is 6.07 Å². The lowest BCUT2D eigenvalue weighted by molar-refractivity contribution is 0.175. The Kier molecular flexibility index (Phi) is 4.86. The molecule has 0 saturated heterocycles. The number of rotatable bonds is 3. The van der Waals surface area contributed by atoms with Crippen LogP contribution in [0.4, 0.5) is 4.39 Å². The van der Waals surface area contributed by atoms with Crippen LogP contribution in [0.3, 0.4) is 0 Å². The maximum absolute atomic E-state index is 13.5. The smallest absolute Gasteiger partial charge is 0.124 e. The maximum atomic E-state index is 13.5. The zero-order valence-electron chi connectivity index (χ0n) is 12.1. The van der Waals surface area contributed by atoms with Crippen LogP contribution in [0.15, 0.2) is 22.7 Å². The molecule has 0 aromatic heterocycles. The number of nitrogens with zero attached hydrogens (tertiary/aromatic N) is 1. The fourth-order valence-electron chi connectivity index (χ4n) is 3.29. The van der Waals surface area contributed by atoms with E-state index in [1.807, 2.05) is 6.07 Å². The third-order valence-electron chi connectivity index (χ3n) is 4.63. The average Bonchev–Trinajstić information content (AvgIpc) is 2.38.